The van der Waals surface area contributed by atoms with Crippen molar-refractivity contribution >= 4 is 11.6 Å². The monoisotopic (exact) mass is 226 g/mol. The summed E-state index contributed by atoms with van der Waals surface area (Å²) in [6.45, 7) is -0.132. The number of aliphatic hydroxyl groups is 1. The maximum absolute atomic E-state index is 9.23. The predicted octanol–water partition coefficient (Wildman–Crippen LogP) is 0.966. The Kier molecular flexibility index (Phi) is 2.50. The Hall–Kier alpha value is -1.33. The van der Waals surface area contributed by atoms with Gasteiger partial charge in [0.2, 0.25) is 0 Å². The Morgan fingerprint density at radius 1 is 1.40 bits per heavy atom. The van der Waals surface area contributed by atoms with Crippen LogP contribution in [-0.2, 0) is 20.7 Å². The van der Waals surface area contributed by atoms with Gasteiger partial charge in [-0.1, -0.05) is 11.6 Å². The molecule has 0 amide bonds. The molecule has 0 aromatic carbocycles. The average Bonchev–Trinajstić information content (AvgIpc) is 2.73. The highest BCUT2D eigenvalue weighted by molar-refractivity contribution is 6.30. The molecule has 0 radical (unpaired) electrons. The molecule has 0 unspecified atom stereocenters. The van der Waals surface area contributed by atoms with Gasteiger partial charge >= 0.3 is 0 Å². The fourth-order valence-corrected chi connectivity index (χ4v) is 1.69. The number of aromatic nitrogens is 4. The number of rotatable bonds is 2. The molecule has 1 N–H and O–H groups in total. The molecular formula is C9H11ClN4O. The second-order valence-corrected chi connectivity index (χ2v) is 3.60. The summed E-state index contributed by atoms with van der Waals surface area (Å²) in [6.07, 6.45) is 1.68. The molecule has 2 rings (SSSR count). The van der Waals surface area contributed by atoms with Gasteiger partial charge in [0.05, 0.1) is 12.3 Å². The maximum atomic E-state index is 9.23. The first-order valence-electron chi connectivity index (χ1n) is 4.45. The predicted molar refractivity (Wildman–Crippen MR) is 56.3 cm³/mol. The van der Waals surface area contributed by atoms with Crippen molar-refractivity contribution in [2.24, 2.45) is 14.1 Å². The lowest BCUT2D eigenvalue weighted by Crippen LogP contribution is -1.96. The van der Waals surface area contributed by atoms with E-state index >= 15 is 0 Å². The number of aliphatic hydroxyl groups excluding tert-OH is 1. The Labute approximate surface area is 91.9 Å². The average molecular weight is 227 g/mol. The van der Waals surface area contributed by atoms with Crippen LogP contribution in [0.2, 0.25) is 5.15 Å². The molecule has 2 aromatic heterocycles. The molecule has 0 aliphatic carbocycles. The summed E-state index contributed by atoms with van der Waals surface area (Å²) in [5, 5.41) is 18.0. The van der Waals surface area contributed by atoms with E-state index in [4.69, 9.17) is 11.6 Å². The molecule has 0 atom stereocenters. The molecule has 0 aliphatic heterocycles. The van der Waals surface area contributed by atoms with Crippen molar-refractivity contribution in [3.8, 4) is 11.4 Å². The lowest BCUT2D eigenvalue weighted by Gasteiger charge is -1.99. The third kappa shape index (κ3) is 1.53. The van der Waals surface area contributed by atoms with Crippen molar-refractivity contribution < 1.29 is 5.11 Å². The lowest BCUT2D eigenvalue weighted by molar-refractivity contribution is 0.282. The molecule has 0 spiro atoms. The van der Waals surface area contributed by atoms with Crippen molar-refractivity contribution in [2.45, 2.75) is 6.61 Å². The maximum Gasteiger partial charge on any atom is 0.132 e. The number of halogens is 1. The smallest absolute Gasteiger partial charge is 0.132 e. The van der Waals surface area contributed by atoms with Crippen LogP contribution in [0.1, 0.15) is 5.56 Å². The Morgan fingerprint density at radius 3 is 2.67 bits per heavy atom. The molecule has 0 aliphatic rings. The van der Waals surface area contributed by atoms with Crippen molar-refractivity contribution in [2.75, 3.05) is 0 Å². The molecular weight excluding hydrogens is 216 g/mol. The number of hydrogen-bond acceptors (Lipinski definition) is 3. The van der Waals surface area contributed by atoms with Crippen molar-refractivity contribution in [1.29, 1.82) is 0 Å². The van der Waals surface area contributed by atoms with Gasteiger partial charge in [0.25, 0.3) is 0 Å². The van der Waals surface area contributed by atoms with Crippen LogP contribution < -0.4 is 0 Å². The first-order valence-corrected chi connectivity index (χ1v) is 4.83. The highest BCUT2D eigenvalue weighted by Crippen LogP contribution is 2.27. The largest absolute Gasteiger partial charge is 0.391 e. The van der Waals surface area contributed by atoms with E-state index in [1.54, 1.807) is 17.9 Å². The minimum atomic E-state index is -0.132. The van der Waals surface area contributed by atoms with Crippen LogP contribution in [0.4, 0.5) is 0 Å². The van der Waals surface area contributed by atoms with Gasteiger partial charge in [-0.3, -0.25) is 9.36 Å². The zero-order valence-electron chi connectivity index (χ0n) is 8.48. The Morgan fingerprint density at radius 2 is 2.13 bits per heavy atom. The summed E-state index contributed by atoms with van der Waals surface area (Å²) in [6, 6.07) is 1.83. The van der Waals surface area contributed by atoms with Crippen LogP contribution in [0.5, 0.6) is 0 Å². The second kappa shape index (κ2) is 3.67. The number of aryl methyl sites for hydroxylation is 2. The zero-order valence-corrected chi connectivity index (χ0v) is 9.23. The van der Waals surface area contributed by atoms with Gasteiger partial charge in [-0.25, -0.2) is 0 Å². The van der Waals surface area contributed by atoms with Crippen LogP contribution in [0.25, 0.3) is 11.4 Å². The van der Waals surface area contributed by atoms with Crippen LogP contribution in [0.3, 0.4) is 0 Å². The highest BCUT2D eigenvalue weighted by atomic mass is 35.5. The zero-order chi connectivity index (χ0) is 11.0. The topological polar surface area (TPSA) is 55.9 Å². The molecule has 0 fully saturated rings. The Bertz CT molecular complexity index is 488. The van der Waals surface area contributed by atoms with Gasteiger partial charge < -0.3 is 5.11 Å². The third-order valence-corrected chi connectivity index (χ3v) is 2.76. The van der Waals surface area contributed by atoms with Crippen molar-refractivity contribution in [3.05, 3.63) is 23.0 Å². The van der Waals surface area contributed by atoms with E-state index in [2.05, 4.69) is 10.2 Å². The van der Waals surface area contributed by atoms with Crippen LogP contribution in [-0.4, -0.2) is 24.7 Å². The summed E-state index contributed by atoms with van der Waals surface area (Å²) in [4.78, 5) is 0. The van der Waals surface area contributed by atoms with Gasteiger partial charge in [-0.05, 0) is 6.07 Å². The van der Waals surface area contributed by atoms with E-state index in [1.807, 2.05) is 13.1 Å². The van der Waals surface area contributed by atoms with Gasteiger partial charge in [-0.15, -0.1) is 0 Å². The molecule has 5 nitrogen and oxygen atoms in total. The molecule has 6 heteroatoms. The first kappa shape index (κ1) is 10.2. The van der Waals surface area contributed by atoms with Gasteiger partial charge in [-0.2, -0.15) is 10.2 Å². The summed E-state index contributed by atoms with van der Waals surface area (Å²) < 4.78 is 3.23. The van der Waals surface area contributed by atoms with Gasteiger partial charge in [0.1, 0.15) is 10.8 Å². The molecule has 2 heterocycles. The first-order chi connectivity index (χ1) is 7.15. The van der Waals surface area contributed by atoms with Gasteiger partial charge in [0.15, 0.2) is 0 Å². The van der Waals surface area contributed by atoms with E-state index in [1.165, 1.54) is 4.68 Å². The molecule has 80 valence electrons. The normalized spacial score (nSPS) is 10.9. The van der Waals surface area contributed by atoms with Crippen LogP contribution >= 0.6 is 11.6 Å². The van der Waals surface area contributed by atoms with Crippen molar-refractivity contribution in [3.63, 3.8) is 0 Å². The minimum Gasteiger partial charge on any atom is -0.391 e. The molecule has 15 heavy (non-hydrogen) atoms. The number of nitrogens with zero attached hydrogens (tertiary/aromatic N) is 4. The summed E-state index contributed by atoms with van der Waals surface area (Å²) >= 11 is 5.99. The van der Waals surface area contributed by atoms with E-state index in [9.17, 15) is 5.11 Å². The SMILES string of the molecule is Cn1nccc1-c1nn(C)c(Cl)c1CO. The van der Waals surface area contributed by atoms with Crippen LogP contribution in [0.15, 0.2) is 12.3 Å². The van der Waals surface area contributed by atoms with E-state index in [0.29, 0.717) is 16.4 Å². The molecule has 0 bridgehead atoms. The lowest BCUT2D eigenvalue weighted by atomic mass is 10.2. The summed E-state index contributed by atoms with van der Waals surface area (Å²) in [5.74, 6) is 0. The third-order valence-electron chi connectivity index (χ3n) is 2.29. The number of hydrogen-bond donors (Lipinski definition) is 1. The molecule has 0 saturated heterocycles. The quantitative estimate of drug-likeness (QED) is 0.830. The van der Waals surface area contributed by atoms with Crippen LogP contribution in [0, 0.1) is 0 Å². The highest BCUT2D eigenvalue weighted by Gasteiger charge is 2.17. The second-order valence-electron chi connectivity index (χ2n) is 3.24. The van der Waals surface area contributed by atoms with E-state index in [0.717, 1.165) is 5.69 Å². The summed E-state index contributed by atoms with van der Waals surface area (Å²) in [7, 11) is 3.56. The van der Waals surface area contributed by atoms with E-state index < -0.39 is 0 Å². The summed E-state index contributed by atoms with van der Waals surface area (Å²) in [5.41, 5.74) is 2.13. The fourth-order valence-electron chi connectivity index (χ4n) is 1.50. The standard InChI is InChI=1S/C9H11ClN4O/c1-13-7(3-4-11-13)8-6(5-15)9(10)14(2)12-8/h3-4,15H,5H2,1-2H3. The van der Waals surface area contributed by atoms with E-state index in [-0.39, 0.29) is 6.61 Å². The molecule has 0 saturated carbocycles. The fraction of sp³-hybridized carbons (Fsp3) is 0.333. The molecule has 2 aromatic rings. The van der Waals surface area contributed by atoms with Gasteiger partial charge in [0, 0.05) is 25.9 Å². The Balaban J connectivity index is 2.63. The minimum absolute atomic E-state index is 0.132. The van der Waals surface area contributed by atoms with Crippen molar-refractivity contribution in [1.82, 2.24) is 19.6 Å².